The third-order valence-corrected chi connectivity index (χ3v) is 3.90. The van der Waals surface area contributed by atoms with Crippen molar-refractivity contribution in [2.24, 2.45) is 5.73 Å². The summed E-state index contributed by atoms with van der Waals surface area (Å²) in [7, 11) is 2.86. The second kappa shape index (κ2) is 10.6. The van der Waals surface area contributed by atoms with Gasteiger partial charge in [-0.25, -0.2) is 4.39 Å². The molecule has 2 N–H and O–H groups in total. The molecule has 0 aromatic heterocycles. The standard InChI is InChI=1S/C19H23FN2O3.ClH/c1-24-17-12-15(16(20)13-18(17)25-2)19(23)22(11-9-21)10-8-14-6-4-3-5-7-14;/h3-7,12-13H,8-11,21H2,1-2H3;1H. The summed E-state index contributed by atoms with van der Waals surface area (Å²) in [5, 5.41) is 0. The number of carbonyl (C=O) groups excluding carboxylic acids is 1. The molecule has 0 heterocycles. The molecule has 2 aromatic carbocycles. The molecule has 0 saturated heterocycles. The lowest BCUT2D eigenvalue weighted by atomic mass is 10.1. The first-order valence-corrected chi connectivity index (χ1v) is 8.05. The van der Waals surface area contributed by atoms with Gasteiger partial charge in [0.05, 0.1) is 19.8 Å². The second-order valence-corrected chi connectivity index (χ2v) is 5.50. The fraction of sp³-hybridized carbons (Fsp3) is 0.316. The topological polar surface area (TPSA) is 64.8 Å². The van der Waals surface area contributed by atoms with E-state index in [-0.39, 0.29) is 23.7 Å². The van der Waals surface area contributed by atoms with Crippen LogP contribution < -0.4 is 15.2 Å². The number of carbonyl (C=O) groups is 1. The fourth-order valence-corrected chi connectivity index (χ4v) is 2.57. The van der Waals surface area contributed by atoms with Gasteiger partial charge < -0.3 is 20.1 Å². The van der Waals surface area contributed by atoms with Gasteiger partial charge in [0.25, 0.3) is 5.91 Å². The van der Waals surface area contributed by atoms with Crippen LogP contribution in [-0.2, 0) is 6.42 Å². The minimum atomic E-state index is -0.649. The van der Waals surface area contributed by atoms with E-state index in [4.69, 9.17) is 15.2 Å². The molecular formula is C19H24ClFN2O3. The van der Waals surface area contributed by atoms with Crippen LogP contribution in [0.1, 0.15) is 15.9 Å². The van der Waals surface area contributed by atoms with Crippen LogP contribution in [0.3, 0.4) is 0 Å². The number of hydrogen-bond acceptors (Lipinski definition) is 4. The first kappa shape index (κ1) is 21.7. The molecule has 0 radical (unpaired) electrons. The van der Waals surface area contributed by atoms with Crippen molar-refractivity contribution in [3.8, 4) is 11.5 Å². The van der Waals surface area contributed by atoms with Gasteiger partial charge in [0.15, 0.2) is 11.5 Å². The molecule has 0 spiro atoms. The lowest BCUT2D eigenvalue weighted by Gasteiger charge is -2.23. The molecule has 5 nitrogen and oxygen atoms in total. The van der Waals surface area contributed by atoms with Crippen molar-refractivity contribution in [2.45, 2.75) is 6.42 Å². The van der Waals surface area contributed by atoms with E-state index in [1.165, 1.54) is 20.3 Å². The molecule has 142 valence electrons. The number of methoxy groups -OCH3 is 2. The summed E-state index contributed by atoms with van der Waals surface area (Å²) in [6, 6.07) is 12.3. The number of nitrogens with two attached hydrogens (primary N) is 1. The highest BCUT2D eigenvalue weighted by molar-refractivity contribution is 5.95. The van der Waals surface area contributed by atoms with E-state index >= 15 is 0 Å². The third-order valence-electron chi connectivity index (χ3n) is 3.90. The number of rotatable bonds is 8. The summed E-state index contributed by atoms with van der Waals surface area (Å²) >= 11 is 0. The predicted octanol–water partition coefficient (Wildman–Crippen LogP) is 2.91. The van der Waals surface area contributed by atoms with Crippen LogP contribution in [0.4, 0.5) is 4.39 Å². The van der Waals surface area contributed by atoms with Crippen LogP contribution in [0.15, 0.2) is 42.5 Å². The first-order valence-electron chi connectivity index (χ1n) is 8.05. The van der Waals surface area contributed by atoms with E-state index in [1.54, 1.807) is 4.90 Å². The van der Waals surface area contributed by atoms with Gasteiger partial charge in [0, 0.05) is 25.7 Å². The summed E-state index contributed by atoms with van der Waals surface area (Å²) in [6.07, 6.45) is 0.668. The van der Waals surface area contributed by atoms with Crippen LogP contribution in [0.2, 0.25) is 0 Å². The Hall–Kier alpha value is -2.31. The number of hydrogen-bond donors (Lipinski definition) is 1. The minimum Gasteiger partial charge on any atom is -0.493 e. The zero-order valence-corrected chi connectivity index (χ0v) is 15.7. The SMILES string of the molecule is COc1cc(F)c(C(=O)N(CCN)CCc2ccccc2)cc1OC.Cl. The van der Waals surface area contributed by atoms with Gasteiger partial charge in [-0.1, -0.05) is 30.3 Å². The molecule has 0 bridgehead atoms. The summed E-state index contributed by atoms with van der Waals surface area (Å²) < 4.78 is 24.6. The van der Waals surface area contributed by atoms with Crippen LogP contribution in [0.5, 0.6) is 11.5 Å². The fourth-order valence-electron chi connectivity index (χ4n) is 2.57. The van der Waals surface area contributed by atoms with E-state index in [2.05, 4.69) is 0 Å². The minimum absolute atomic E-state index is 0. The zero-order chi connectivity index (χ0) is 18.2. The number of amides is 1. The summed E-state index contributed by atoms with van der Waals surface area (Å²) in [5.74, 6) is -0.515. The predicted molar refractivity (Wildman–Crippen MR) is 102 cm³/mol. The molecule has 0 saturated carbocycles. The van der Waals surface area contributed by atoms with Crippen molar-refractivity contribution in [1.82, 2.24) is 4.90 Å². The number of ether oxygens (including phenoxy) is 2. The largest absolute Gasteiger partial charge is 0.493 e. The van der Waals surface area contributed by atoms with E-state index < -0.39 is 11.7 Å². The molecule has 0 aliphatic heterocycles. The van der Waals surface area contributed by atoms with Crippen LogP contribution >= 0.6 is 12.4 Å². The number of halogens is 2. The third kappa shape index (κ3) is 5.34. The smallest absolute Gasteiger partial charge is 0.257 e. The Kier molecular flexibility index (Phi) is 8.88. The maximum absolute atomic E-state index is 14.4. The summed E-state index contributed by atoms with van der Waals surface area (Å²) in [4.78, 5) is 14.3. The molecule has 0 unspecified atom stereocenters. The summed E-state index contributed by atoms with van der Waals surface area (Å²) in [6.45, 7) is 1.10. The molecule has 0 atom stereocenters. The zero-order valence-electron chi connectivity index (χ0n) is 14.9. The Labute approximate surface area is 159 Å². The normalized spacial score (nSPS) is 10.0. The van der Waals surface area contributed by atoms with Crippen molar-refractivity contribution >= 4 is 18.3 Å². The molecule has 26 heavy (non-hydrogen) atoms. The van der Waals surface area contributed by atoms with Crippen LogP contribution in [0.25, 0.3) is 0 Å². The molecule has 0 aliphatic rings. The first-order chi connectivity index (χ1) is 12.1. The van der Waals surface area contributed by atoms with E-state index in [0.29, 0.717) is 31.8 Å². The molecule has 1 amide bonds. The van der Waals surface area contributed by atoms with Crippen molar-refractivity contribution < 1.29 is 18.7 Å². The highest BCUT2D eigenvalue weighted by Crippen LogP contribution is 2.30. The van der Waals surface area contributed by atoms with Crippen molar-refractivity contribution in [1.29, 1.82) is 0 Å². The quantitative estimate of drug-likeness (QED) is 0.762. The molecule has 7 heteroatoms. The monoisotopic (exact) mass is 382 g/mol. The molecule has 2 aromatic rings. The van der Waals surface area contributed by atoms with Crippen LogP contribution in [0, 0.1) is 5.82 Å². The highest BCUT2D eigenvalue weighted by atomic mass is 35.5. The molecule has 0 aliphatic carbocycles. The van der Waals surface area contributed by atoms with E-state index in [9.17, 15) is 9.18 Å². The average molecular weight is 383 g/mol. The molecule has 2 rings (SSSR count). The van der Waals surface area contributed by atoms with E-state index in [1.807, 2.05) is 30.3 Å². The van der Waals surface area contributed by atoms with Gasteiger partial charge in [-0.15, -0.1) is 12.4 Å². The Bertz CT molecular complexity index is 713. The van der Waals surface area contributed by atoms with Gasteiger partial charge in [0.1, 0.15) is 5.82 Å². The Morgan fingerprint density at radius 2 is 1.69 bits per heavy atom. The number of nitrogens with zero attached hydrogens (tertiary/aromatic N) is 1. The van der Waals surface area contributed by atoms with Gasteiger partial charge in [-0.05, 0) is 18.1 Å². The lowest BCUT2D eigenvalue weighted by Crippen LogP contribution is -2.37. The van der Waals surface area contributed by atoms with Gasteiger partial charge in [0.2, 0.25) is 0 Å². The highest BCUT2D eigenvalue weighted by Gasteiger charge is 2.21. The summed E-state index contributed by atoms with van der Waals surface area (Å²) in [5.41, 5.74) is 6.67. The Balaban J connectivity index is 0.00000338. The maximum atomic E-state index is 14.4. The maximum Gasteiger partial charge on any atom is 0.257 e. The van der Waals surface area contributed by atoms with Crippen molar-refractivity contribution in [2.75, 3.05) is 33.9 Å². The molecule has 0 fully saturated rings. The van der Waals surface area contributed by atoms with Crippen LogP contribution in [-0.4, -0.2) is 44.7 Å². The number of benzene rings is 2. The Morgan fingerprint density at radius 3 is 2.27 bits per heavy atom. The van der Waals surface area contributed by atoms with E-state index in [0.717, 1.165) is 11.6 Å². The average Bonchev–Trinajstić information content (AvgIpc) is 2.65. The molecular weight excluding hydrogens is 359 g/mol. The van der Waals surface area contributed by atoms with Gasteiger partial charge >= 0.3 is 0 Å². The van der Waals surface area contributed by atoms with Gasteiger partial charge in [-0.3, -0.25) is 4.79 Å². The lowest BCUT2D eigenvalue weighted by molar-refractivity contribution is 0.0757. The van der Waals surface area contributed by atoms with Crippen molar-refractivity contribution in [3.63, 3.8) is 0 Å². The second-order valence-electron chi connectivity index (χ2n) is 5.50. The Morgan fingerprint density at radius 1 is 1.08 bits per heavy atom. The van der Waals surface area contributed by atoms with Crippen molar-refractivity contribution in [3.05, 3.63) is 59.4 Å². The van der Waals surface area contributed by atoms with Gasteiger partial charge in [-0.2, -0.15) is 0 Å².